The maximum absolute atomic E-state index is 3.63. The van der Waals surface area contributed by atoms with Gasteiger partial charge < -0.3 is 10.2 Å². The Bertz CT molecular complexity index is 389. The lowest BCUT2D eigenvalue weighted by Gasteiger charge is -2.35. The molecule has 19 heavy (non-hydrogen) atoms. The fourth-order valence-corrected chi connectivity index (χ4v) is 3.10. The lowest BCUT2D eigenvalue weighted by molar-refractivity contribution is 0.486. The van der Waals surface area contributed by atoms with Crippen molar-refractivity contribution in [1.82, 2.24) is 5.32 Å². The van der Waals surface area contributed by atoms with E-state index in [1.54, 1.807) is 0 Å². The van der Waals surface area contributed by atoms with E-state index in [9.17, 15) is 0 Å². The fraction of sp³-hybridized carbons (Fsp3) is 0.647. The predicted molar refractivity (Wildman–Crippen MR) is 83.9 cm³/mol. The molecule has 1 N–H and O–H groups in total. The molecule has 0 saturated carbocycles. The van der Waals surface area contributed by atoms with Gasteiger partial charge in [-0.15, -0.1) is 0 Å². The molecule has 0 bridgehead atoms. The summed E-state index contributed by atoms with van der Waals surface area (Å²) in [5, 5.41) is 3.63. The number of hydrogen-bond donors (Lipinski definition) is 1. The second-order valence-electron chi connectivity index (χ2n) is 6.03. The van der Waals surface area contributed by atoms with Crippen LogP contribution < -0.4 is 10.2 Å². The molecule has 0 radical (unpaired) electrons. The molecule has 2 heteroatoms. The third kappa shape index (κ3) is 3.97. The first-order valence-corrected chi connectivity index (χ1v) is 7.77. The number of nitrogens with zero attached hydrogens (tertiary/aromatic N) is 1. The minimum Gasteiger partial charge on any atom is -0.370 e. The van der Waals surface area contributed by atoms with Crippen LogP contribution in [0, 0.1) is 5.92 Å². The Kier molecular flexibility index (Phi) is 5.26. The second kappa shape index (κ2) is 6.95. The fourth-order valence-electron chi connectivity index (χ4n) is 3.10. The van der Waals surface area contributed by atoms with Crippen molar-refractivity contribution < 1.29 is 0 Å². The third-order valence-corrected chi connectivity index (χ3v) is 4.03. The molecule has 2 atom stereocenters. The lowest BCUT2D eigenvalue weighted by atomic mass is 9.94. The lowest BCUT2D eigenvalue weighted by Crippen LogP contribution is -2.40. The zero-order valence-electron chi connectivity index (χ0n) is 12.7. The molecule has 1 aromatic rings. The first-order valence-electron chi connectivity index (χ1n) is 7.77. The van der Waals surface area contributed by atoms with E-state index in [0.29, 0.717) is 6.04 Å². The van der Waals surface area contributed by atoms with Crippen LogP contribution in [0.2, 0.25) is 0 Å². The largest absolute Gasteiger partial charge is 0.370 e. The highest BCUT2D eigenvalue weighted by Crippen LogP contribution is 2.28. The van der Waals surface area contributed by atoms with Crippen molar-refractivity contribution in [1.29, 1.82) is 0 Å². The summed E-state index contributed by atoms with van der Waals surface area (Å²) >= 11 is 0. The molecule has 1 heterocycles. The predicted octanol–water partition coefficient (Wildman–Crippen LogP) is 3.46. The molecule has 1 aliphatic rings. The Morgan fingerprint density at radius 3 is 2.95 bits per heavy atom. The molecule has 2 rings (SSSR count). The van der Waals surface area contributed by atoms with E-state index in [1.807, 2.05) is 0 Å². The molecule has 106 valence electrons. The number of anilines is 1. The molecule has 0 spiro atoms. The summed E-state index contributed by atoms with van der Waals surface area (Å²) in [6, 6.07) is 9.52. The number of fused-ring (bicyclic) bond motifs is 1. The highest BCUT2D eigenvalue weighted by Gasteiger charge is 2.20. The summed E-state index contributed by atoms with van der Waals surface area (Å²) in [5.74, 6) is 0.767. The summed E-state index contributed by atoms with van der Waals surface area (Å²) < 4.78 is 0. The van der Waals surface area contributed by atoms with Crippen LogP contribution in [0.25, 0.3) is 0 Å². The van der Waals surface area contributed by atoms with Crippen molar-refractivity contribution in [3.63, 3.8) is 0 Å². The van der Waals surface area contributed by atoms with E-state index in [0.717, 1.165) is 19.0 Å². The van der Waals surface area contributed by atoms with Gasteiger partial charge in [0, 0.05) is 31.4 Å². The molecule has 0 fully saturated rings. The molecule has 1 aliphatic heterocycles. The number of nitrogens with one attached hydrogen (secondary N) is 1. The zero-order valence-corrected chi connectivity index (χ0v) is 12.7. The van der Waals surface area contributed by atoms with Crippen molar-refractivity contribution in [3.8, 4) is 0 Å². The summed E-state index contributed by atoms with van der Waals surface area (Å²) in [7, 11) is 0. The summed E-state index contributed by atoms with van der Waals surface area (Å²) in [6.45, 7) is 10.3. The van der Waals surface area contributed by atoms with E-state index in [-0.39, 0.29) is 0 Å². The SMILES string of the molecule is CCCC(C)NCCN1CC(C)Cc2ccccc21. The normalized spacial score (nSPS) is 20.2. The number of hydrogen-bond acceptors (Lipinski definition) is 2. The molecule has 2 unspecified atom stereocenters. The Morgan fingerprint density at radius 1 is 1.37 bits per heavy atom. The van der Waals surface area contributed by atoms with Crippen molar-refractivity contribution in [3.05, 3.63) is 29.8 Å². The van der Waals surface area contributed by atoms with Gasteiger partial charge >= 0.3 is 0 Å². The Labute approximate surface area is 118 Å². The van der Waals surface area contributed by atoms with Gasteiger partial charge in [0.1, 0.15) is 0 Å². The highest BCUT2D eigenvalue weighted by atomic mass is 15.2. The summed E-state index contributed by atoms with van der Waals surface area (Å²) in [5.41, 5.74) is 2.97. The van der Waals surface area contributed by atoms with Crippen LogP contribution >= 0.6 is 0 Å². The molecule has 0 saturated heterocycles. The number of rotatable bonds is 6. The Balaban J connectivity index is 1.90. The Morgan fingerprint density at radius 2 is 2.16 bits per heavy atom. The molecular formula is C17H28N2. The third-order valence-electron chi connectivity index (χ3n) is 4.03. The van der Waals surface area contributed by atoms with Crippen molar-refractivity contribution in [2.24, 2.45) is 5.92 Å². The van der Waals surface area contributed by atoms with Crippen LogP contribution in [0.15, 0.2) is 24.3 Å². The molecule has 1 aromatic carbocycles. The standard InChI is InChI=1S/C17H28N2/c1-4-7-15(3)18-10-11-19-13-14(2)12-16-8-5-6-9-17(16)19/h5-6,8-9,14-15,18H,4,7,10-13H2,1-3H3. The monoisotopic (exact) mass is 260 g/mol. The minimum absolute atomic E-state index is 0.641. The molecule has 0 amide bonds. The van der Waals surface area contributed by atoms with Crippen LogP contribution in [-0.4, -0.2) is 25.7 Å². The molecule has 2 nitrogen and oxygen atoms in total. The van der Waals surface area contributed by atoms with Gasteiger partial charge in [-0.05, 0) is 37.3 Å². The smallest absolute Gasteiger partial charge is 0.0399 e. The van der Waals surface area contributed by atoms with Crippen LogP contribution in [0.5, 0.6) is 0 Å². The maximum atomic E-state index is 3.63. The van der Waals surface area contributed by atoms with Gasteiger partial charge in [-0.25, -0.2) is 0 Å². The second-order valence-corrected chi connectivity index (χ2v) is 6.03. The average Bonchev–Trinajstić information content (AvgIpc) is 2.38. The maximum Gasteiger partial charge on any atom is 0.0399 e. The van der Waals surface area contributed by atoms with E-state index < -0.39 is 0 Å². The van der Waals surface area contributed by atoms with Gasteiger partial charge in [0.2, 0.25) is 0 Å². The van der Waals surface area contributed by atoms with Gasteiger partial charge in [-0.3, -0.25) is 0 Å². The van der Waals surface area contributed by atoms with Gasteiger partial charge in [-0.2, -0.15) is 0 Å². The first kappa shape index (κ1) is 14.4. The average molecular weight is 260 g/mol. The van der Waals surface area contributed by atoms with E-state index in [1.165, 1.54) is 37.1 Å². The number of benzene rings is 1. The first-order chi connectivity index (χ1) is 9.20. The van der Waals surface area contributed by atoms with E-state index in [4.69, 9.17) is 0 Å². The van der Waals surface area contributed by atoms with Gasteiger partial charge in [0.25, 0.3) is 0 Å². The zero-order chi connectivity index (χ0) is 13.7. The van der Waals surface area contributed by atoms with Crippen molar-refractivity contribution in [2.75, 3.05) is 24.5 Å². The topological polar surface area (TPSA) is 15.3 Å². The Hall–Kier alpha value is -1.02. The van der Waals surface area contributed by atoms with Crippen molar-refractivity contribution in [2.45, 2.75) is 46.1 Å². The summed E-state index contributed by atoms with van der Waals surface area (Å²) in [6.07, 6.45) is 3.76. The van der Waals surface area contributed by atoms with Gasteiger partial charge in [0.05, 0.1) is 0 Å². The van der Waals surface area contributed by atoms with E-state index in [2.05, 4.69) is 55.3 Å². The van der Waals surface area contributed by atoms with Crippen molar-refractivity contribution >= 4 is 5.69 Å². The molecule has 0 aromatic heterocycles. The van der Waals surface area contributed by atoms with Crippen LogP contribution in [0.3, 0.4) is 0 Å². The van der Waals surface area contributed by atoms with Gasteiger partial charge in [-0.1, -0.05) is 38.5 Å². The minimum atomic E-state index is 0.641. The van der Waals surface area contributed by atoms with E-state index >= 15 is 0 Å². The highest BCUT2D eigenvalue weighted by molar-refractivity contribution is 5.55. The summed E-state index contributed by atoms with van der Waals surface area (Å²) in [4.78, 5) is 2.55. The molecular weight excluding hydrogens is 232 g/mol. The van der Waals surface area contributed by atoms with Crippen LogP contribution in [0.1, 0.15) is 39.2 Å². The molecule has 0 aliphatic carbocycles. The number of para-hydroxylation sites is 1. The van der Waals surface area contributed by atoms with Gasteiger partial charge in [0.15, 0.2) is 0 Å². The van der Waals surface area contributed by atoms with Crippen LogP contribution in [-0.2, 0) is 6.42 Å². The van der Waals surface area contributed by atoms with Crippen LogP contribution in [0.4, 0.5) is 5.69 Å². The quantitative estimate of drug-likeness (QED) is 0.842.